The second-order valence-electron chi connectivity index (χ2n) is 4.38. The summed E-state index contributed by atoms with van der Waals surface area (Å²) < 4.78 is 0. The molecule has 0 spiro atoms. The Kier molecular flexibility index (Phi) is 7.29. The number of rotatable bonds is 8. The molecule has 0 unspecified atom stereocenters. The van der Waals surface area contributed by atoms with Gasteiger partial charge in [-0.3, -0.25) is 0 Å². The Morgan fingerprint density at radius 3 is 1.77 bits per heavy atom. The number of hydrogen-bond donors (Lipinski definition) is 2. The van der Waals surface area contributed by atoms with Crippen LogP contribution >= 0.6 is 0 Å². The van der Waals surface area contributed by atoms with E-state index in [2.05, 4.69) is 6.92 Å². The van der Waals surface area contributed by atoms with Crippen LogP contribution in [0, 0.1) is 0 Å². The summed E-state index contributed by atoms with van der Waals surface area (Å²) in [5, 5.41) is 0. The monoisotopic (exact) mass is 186 g/mol. The first-order valence-electron chi connectivity index (χ1n) is 5.64. The Bertz CT molecular complexity index is 105. The fraction of sp³-hybridized carbons (Fsp3) is 1.00. The molecule has 0 aromatic rings. The molecule has 0 bridgehead atoms. The third-order valence-electron chi connectivity index (χ3n) is 2.32. The van der Waals surface area contributed by atoms with Crippen LogP contribution in [0.3, 0.4) is 0 Å². The average Bonchev–Trinajstić information content (AvgIpc) is 2.01. The van der Waals surface area contributed by atoms with Gasteiger partial charge in [0.2, 0.25) is 0 Å². The zero-order chi connectivity index (χ0) is 10.2. The van der Waals surface area contributed by atoms with Crippen molar-refractivity contribution in [3.8, 4) is 0 Å². The van der Waals surface area contributed by atoms with Crippen molar-refractivity contribution in [2.24, 2.45) is 11.5 Å². The van der Waals surface area contributed by atoms with E-state index in [1.54, 1.807) is 0 Å². The standard InChI is InChI=1S/C11H26N2/c1-3-4-5-6-7-8-9-10-11(2,12)13/h3-10,12-13H2,1-2H3. The second kappa shape index (κ2) is 7.34. The Morgan fingerprint density at radius 1 is 0.846 bits per heavy atom. The van der Waals surface area contributed by atoms with Crippen LogP contribution in [0.25, 0.3) is 0 Å². The molecule has 2 nitrogen and oxygen atoms in total. The molecule has 0 saturated heterocycles. The smallest absolute Gasteiger partial charge is 0.0607 e. The van der Waals surface area contributed by atoms with Gasteiger partial charge in [0, 0.05) is 0 Å². The Hall–Kier alpha value is -0.0800. The summed E-state index contributed by atoms with van der Waals surface area (Å²) in [6.07, 6.45) is 10.2. The molecular weight excluding hydrogens is 160 g/mol. The van der Waals surface area contributed by atoms with E-state index in [0.717, 1.165) is 6.42 Å². The Balaban J connectivity index is 3.00. The van der Waals surface area contributed by atoms with Gasteiger partial charge in [-0.2, -0.15) is 0 Å². The van der Waals surface area contributed by atoms with Crippen LogP contribution in [0.4, 0.5) is 0 Å². The van der Waals surface area contributed by atoms with E-state index in [0.29, 0.717) is 0 Å². The molecule has 0 heterocycles. The first kappa shape index (κ1) is 12.9. The molecule has 80 valence electrons. The van der Waals surface area contributed by atoms with Crippen LogP contribution < -0.4 is 11.5 Å². The van der Waals surface area contributed by atoms with Gasteiger partial charge in [-0.15, -0.1) is 0 Å². The van der Waals surface area contributed by atoms with Gasteiger partial charge in [0.25, 0.3) is 0 Å². The lowest BCUT2D eigenvalue weighted by molar-refractivity contribution is 0.420. The predicted octanol–water partition coefficient (Wildman–Crippen LogP) is 2.76. The molecule has 13 heavy (non-hydrogen) atoms. The van der Waals surface area contributed by atoms with Crippen LogP contribution in [0.1, 0.15) is 65.2 Å². The van der Waals surface area contributed by atoms with Gasteiger partial charge in [-0.1, -0.05) is 51.9 Å². The van der Waals surface area contributed by atoms with E-state index in [-0.39, 0.29) is 0 Å². The van der Waals surface area contributed by atoms with E-state index in [1.807, 2.05) is 6.92 Å². The van der Waals surface area contributed by atoms with Crippen LogP contribution in [0.15, 0.2) is 0 Å². The van der Waals surface area contributed by atoms with Crippen molar-refractivity contribution in [3.63, 3.8) is 0 Å². The maximum atomic E-state index is 5.68. The zero-order valence-electron chi connectivity index (χ0n) is 9.31. The summed E-state index contributed by atoms with van der Waals surface area (Å²) >= 11 is 0. The van der Waals surface area contributed by atoms with Crippen molar-refractivity contribution < 1.29 is 0 Å². The van der Waals surface area contributed by atoms with Crippen LogP contribution in [0.2, 0.25) is 0 Å². The Morgan fingerprint density at radius 2 is 1.31 bits per heavy atom. The average molecular weight is 186 g/mol. The molecule has 0 amide bonds. The molecule has 0 saturated carbocycles. The summed E-state index contributed by atoms with van der Waals surface area (Å²) in [6, 6.07) is 0. The van der Waals surface area contributed by atoms with Gasteiger partial charge in [0.1, 0.15) is 0 Å². The lowest BCUT2D eigenvalue weighted by Crippen LogP contribution is -2.45. The van der Waals surface area contributed by atoms with Crippen molar-refractivity contribution in [1.29, 1.82) is 0 Å². The third-order valence-corrected chi connectivity index (χ3v) is 2.32. The number of nitrogens with two attached hydrogens (primary N) is 2. The molecule has 0 aromatic carbocycles. The quantitative estimate of drug-likeness (QED) is 0.452. The van der Waals surface area contributed by atoms with Crippen LogP contribution in [-0.2, 0) is 0 Å². The molecule has 0 rings (SSSR count). The molecule has 4 N–H and O–H groups in total. The molecule has 0 aliphatic rings. The van der Waals surface area contributed by atoms with Gasteiger partial charge in [-0.05, 0) is 13.3 Å². The molecule has 0 fully saturated rings. The van der Waals surface area contributed by atoms with E-state index >= 15 is 0 Å². The second-order valence-corrected chi connectivity index (χ2v) is 4.38. The summed E-state index contributed by atoms with van der Waals surface area (Å²) in [7, 11) is 0. The highest BCUT2D eigenvalue weighted by Crippen LogP contribution is 2.10. The lowest BCUT2D eigenvalue weighted by Gasteiger charge is -2.17. The topological polar surface area (TPSA) is 52.0 Å². The van der Waals surface area contributed by atoms with Gasteiger partial charge < -0.3 is 11.5 Å². The van der Waals surface area contributed by atoms with Gasteiger partial charge >= 0.3 is 0 Å². The highest BCUT2D eigenvalue weighted by Gasteiger charge is 2.09. The third kappa shape index (κ3) is 11.9. The minimum Gasteiger partial charge on any atom is -0.314 e. The molecule has 0 radical (unpaired) electrons. The van der Waals surface area contributed by atoms with Crippen molar-refractivity contribution in [2.45, 2.75) is 70.9 Å². The van der Waals surface area contributed by atoms with E-state index < -0.39 is 5.66 Å². The maximum Gasteiger partial charge on any atom is 0.0607 e. The number of hydrogen-bond acceptors (Lipinski definition) is 2. The maximum absolute atomic E-state index is 5.68. The molecule has 0 aromatic heterocycles. The summed E-state index contributed by atoms with van der Waals surface area (Å²) in [5.74, 6) is 0. The van der Waals surface area contributed by atoms with Gasteiger partial charge in [0.05, 0.1) is 5.66 Å². The van der Waals surface area contributed by atoms with Crippen LogP contribution in [0.5, 0.6) is 0 Å². The first-order valence-corrected chi connectivity index (χ1v) is 5.64. The van der Waals surface area contributed by atoms with Crippen LogP contribution in [-0.4, -0.2) is 5.66 Å². The largest absolute Gasteiger partial charge is 0.314 e. The fourth-order valence-electron chi connectivity index (χ4n) is 1.46. The van der Waals surface area contributed by atoms with Crippen molar-refractivity contribution in [2.75, 3.05) is 0 Å². The van der Waals surface area contributed by atoms with E-state index in [4.69, 9.17) is 11.5 Å². The van der Waals surface area contributed by atoms with E-state index in [1.165, 1.54) is 44.9 Å². The minimum atomic E-state index is -0.455. The minimum absolute atomic E-state index is 0.455. The molecule has 0 atom stereocenters. The first-order chi connectivity index (χ1) is 6.06. The predicted molar refractivity (Wildman–Crippen MR) is 59.4 cm³/mol. The number of unbranched alkanes of at least 4 members (excludes halogenated alkanes) is 6. The summed E-state index contributed by atoms with van der Waals surface area (Å²) in [5.41, 5.74) is 10.9. The summed E-state index contributed by atoms with van der Waals surface area (Å²) in [6.45, 7) is 4.14. The zero-order valence-corrected chi connectivity index (χ0v) is 9.31. The Labute approximate surface area is 83.1 Å². The fourth-order valence-corrected chi connectivity index (χ4v) is 1.46. The van der Waals surface area contributed by atoms with Crippen molar-refractivity contribution in [3.05, 3.63) is 0 Å². The molecule has 0 aliphatic heterocycles. The van der Waals surface area contributed by atoms with Crippen molar-refractivity contribution >= 4 is 0 Å². The normalized spacial score (nSPS) is 12.0. The molecule has 2 heteroatoms. The lowest BCUT2D eigenvalue weighted by atomic mass is 10.0. The van der Waals surface area contributed by atoms with E-state index in [9.17, 15) is 0 Å². The molecular formula is C11H26N2. The van der Waals surface area contributed by atoms with Gasteiger partial charge in [0.15, 0.2) is 0 Å². The highest BCUT2D eigenvalue weighted by molar-refractivity contribution is 4.68. The summed E-state index contributed by atoms with van der Waals surface area (Å²) in [4.78, 5) is 0. The van der Waals surface area contributed by atoms with Crippen molar-refractivity contribution in [1.82, 2.24) is 0 Å². The molecule has 0 aliphatic carbocycles. The highest BCUT2D eigenvalue weighted by atomic mass is 14.9. The SMILES string of the molecule is CCCCCCCCCC(C)(N)N. The van der Waals surface area contributed by atoms with Gasteiger partial charge in [-0.25, -0.2) is 0 Å².